The molecule has 11 heteroatoms. The van der Waals surface area contributed by atoms with Gasteiger partial charge in [-0.1, -0.05) is 30.0 Å². The van der Waals surface area contributed by atoms with Crippen LogP contribution < -0.4 is 9.47 Å². The summed E-state index contributed by atoms with van der Waals surface area (Å²) in [6.45, 7) is 4.25. The Bertz CT molecular complexity index is 974. The third-order valence-electron chi connectivity index (χ3n) is 5.28. The van der Waals surface area contributed by atoms with Crippen LogP contribution in [-0.4, -0.2) is 83.1 Å². The number of ether oxygens (including phenoxy) is 3. The fraction of sp³-hybridized carbons (Fsp3) is 0.429. The molecule has 1 aromatic rings. The summed E-state index contributed by atoms with van der Waals surface area (Å²) in [6.07, 6.45) is 1.58. The maximum Gasteiger partial charge on any atom is 0.409 e. The van der Waals surface area contributed by atoms with E-state index >= 15 is 0 Å². The normalized spacial score (nSPS) is 19.2. The summed E-state index contributed by atoms with van der Waals surface area (Å²) in [6, 6.07) is 5.46. The highest BCUT2D eigenvalue weighted by Crippen LogP contribution is 2.36. The minimum absolute atomic E-state index is 0.0673. The van der Waals surface area contributed by atoms with Crippen molar-refractivity contribution in [2.24, 2.45) is 0 Å². The zero-order chi connectivity index (χ0) is 22.7. The Hall–Kier alpha value is -2.79. The van der Waals surface area contributed by atoms with Gasteiger partial charge in [-0.25, -0.2) is 4.79 Å². The Kier molecular flexibility index (Phi) is 6.85. The molecule has 2 saturated heterocycles. The van der Waals surface area contributed by atoms with E-state index in [1.54, 1.807) is 28.9 Å². The molecule has 4 rings (SSSR count). The van der Waals surface area contributed by atoms with Gasteiger partial charge in [0.15, 0.2) is 11.5 Å². The van der Waals surface area contributed by atoms with Crippen LogP contribution in [0.1, 0.15) is 18.9 Å². The van der Waals surface area contributed by atoms with Gasteiger partial charge in [-0.15, -0.1) is 0 Å². The molecule has 1 aromatic carbocycles. The average molecular weight is 478 g/mol. The highest BCUT2D eigenvalue weighted by atomic mass is 32.2. The largest absolute Gasteiger partial charge is 0.454 e. The van der Waals surface area contributed by atoms with Gasteiger partial charge in [0, 0.05) is 39.1 Å². The predicted molar refractivity (Wildman–Crippen MR) is 122 cm³/mol. The zero-order valence-electron chi connectivity index (χ0n) is 17.6. The molecule has 0 unspecified atom stereocenters. The molecule has 170 valence electrons. The number of hydrogen-bond acceptors (Lipinski definition) is 8. The summed E-state index contributed by atoms with van der Waals surface area (Å²) in [7, 11) is 0. The summed E-state index contributed by atoms with van der Waals surface area (Å²) in [4.78, 5) is 42.5. The monoisotopic (exact) mass is 477 g/mol. The van der Waals surface area contributed by atoms with E-state index in [0.717, 1.165) is 5.56 Å². The Morgan fingerprint density at radius 3 is 2.62 bits per heavy atom. The molecule has 3 heterocycles. The topological polar surface area (TPSA) is 88.6 Å². The van der Waals surface area contributed by atoms with E-state index in [9.17, 15) is 14.4 Å². The summed E-state index contributed by atoms with van der Waals surface area (Å²) in [5, 5.41) is 0. The van der Waals surface area contributed by atoms with Gasteiger partial charge in [0.2, 0.25) is 12.7 Å². The lowest BCUT2D eigenvalue weighted by Crippen LogP contribution is -2.51. The molecule has 0 N–H and O–H groups in total. The van der Waals surface area contributed by atoms with Gasteiger partial charge < -0.3 is 24.0 Å². The van der Waals surface area contributed by atoms with Crippen LogP contribution in [-0.2, 0) is 14.3 Å². The summed E-state index contributed by atoms with van der Waals surface area (Å²) in [5.74, 6) is 1.04. The highest BCUT2D eigenvalue weighted by Gasteiger charge is 2.33. The Balaban J connectivity index is 1.30. The molecular weight excluding hydrogens is 454 g/mol. The number of fused-ring (bicyclic) bond motifs is 1. The van der Waals surface area contributed by atoms with Crippen molar-refractivity contribution in [2.45, 2.75) is 13.3 Å². The number of thioether (sulfide) groups is 1. The van der Waals surface area contributed by atoms with E-state index in [1.165, 1.54) is 16.7 Å². The van der Waals surface area contributed by atoms with Crippen LogP contribution in [0.25, 0.3) is 6.08 Å². The third-order valence-corrected chi connectivity index (χ3v) is 6.65. The number of piperazine rings is 1. The molecule has 9 nitrogen and oxygen atoms in total. The van der Waals surface area contributed by atoms with Crippen LogP contribution in [0.5, 0.6) is 11.5 Å². The summed E-state index contributed by atoms with van der Waals surface area (Å²) >= 11 is 6.59. The Labute approximate surface area is 195 Å². The van der Waals surface area contributed by atoms with E-state index in [4.69, 9.17) is 26.4 Å². The lowest BCUT2D eigenvalue weighted by atomic mass is 10.2. The van der Waals surface area contributed by atoms with Crippen LogP contribution in [0.15, 0.2) is 23.1 Å². The number of benzene rings is 1. The van der Waals surface area contributed by atoms with Crippen molar-refractivity contribution < 1.29 is 28.6 Å². The quantitative estimate of drug-likeness (QED) is 0.472. The first kappa shape index (κ1) is 22.4. The van der Waals surface area contributed by atoms with Crippen molar-refractivity contribution in [3.63, 3.8) is 0 Å². The Morgan fingerprint density at radius 1 is 1.16 bits per heavy atom. The molecule has 32 heavy (non-hydrogen) atoms. The number of carbonyl (C=O) groups excluding carboxylic acids is 3. The van der Waals surface area contributed by atoms with Crippen LogP contribution in [0.3, 0.4) is 0 Å². The van der Waals surface area contributed by atoms with E-state index in [0.29, 0.717) is 53.5 Å². The highest BCUT2D eigenvalue weighted by molar-refractivity contribution is 8.26. The molecule has 0 aromatic heterocycles. The number of thiocarbonyl (C=S) groups is 1. The van der Waals surface area contributed by atoms with E-state index in [-0.39, 0.29) is 37.7 Å². The van der Waals surface area contributed by atoms with E-state index < -0.39 is 0 Å². The van der Waals surface area contributed by atoms with Gasteiger partial charge in [-0.3, -0.25) is 14.5 Å². The second kappa shape index (κ2) is 9.78. The minimum Gasteiger partial charge on any atom is -0.454 e. The van der Waals surface area contributed by atoms with E-state index in [2.05, 4.69) is 0 Å². The number of rotatable bonds is 5. The van der Waals surface area contributed by atoms with Crippen molar-refractivity contribution in [2.75, 3.05) is 46.1 Å². The van der Waals surface area contributed by atoms with Crippen LogP contribution in [0.4, 0.5) is 4.79 Å². The Morgan fingerprint density at radius 2 is 1.88 bits per heavy atom. The molecule has 0 atom stereocenters. The van der Waals surface area contributed by atoms with Gasteiger partial charge in [0.05, 0.1) is 11.5 Å². The van der Waals surface area contributed by atoms with Crippen LogP contribution in [0.2, 0.25) is 0 Å². The lowest BCUT2D eigenvalue weighted by molar-refractivity contribution is -0.133. The van der Waals surface area contributed by atoms with Crippen molar-refractivity contribution >= 4 is 52.3 Å². The average Bonchev–Trinajstić information content (AvgIpc) is 3.36. The summed E-state index contributed by atoms with van der Waals surface area (Å²) < 4.78 is 16.1. The number of carbonyl (C=O) groups is 3. The number of amides is 3. The predicted octanol–water partition coefficient (Wildman–Crippen LogP) is 2.31. The van der Waals surface area contributed by atoms with Crippen LogP contribution >= 0.6 is 24.0 Å². The second-order valence-electron chi connectivity index (χ2n) is 7.26. The van der Waals surface area contributed by atoms with Gasteiger partial charge in [0.25, 0.3) is 5.91 Å². The SMILES string of the molecule is CCOC(=O)N1CCN(C(=O)CCN2C(=O)C(=Cc3ccc4c(c3)OCO4)SC2=S)CC1. The lowest BCUT2D eigenvalue weighted by Gasteiger charge is -2.34. The van der Waals surface area contributed by atoms with Gasteiger partial charge in [0.1, 0.15) is 4.32 Å². The molecule has 0 radical (unpaired) electrons. The standard InChI is InChI=1S/C21H23N3O6S2/c1-2-28-20(27)23-9-7-22(8-10-23)18(25)5-6-24-19(26)17(32-21(24)31)12-14-3-4-15-16(11-14)30-13-29-15/h3-4,11-12H,2,5-10,13H2,1H3. The second-order valence-corrected chi connectivity index (χ2v) is 8.94. The molecule has 3 aliphatic heterocycles. The molecule has 0 bridgehead atoms. The fourth-order valence-electron chi connectivity index (χ4n) is 3.57. The van der Waals surface area contributed by atoms with Crippen molar-refractivity contribution in [3.8, 4) is 11.5 Å². The van der Waals surface area contributed by atoms with Crippen molar-refractivity contribution in [1.82, 2.24) is 14.7 Å². The first-order valence-electron chi connectivity index (χ1n) is 10.3. The zero-order valence-corrected chi connectivity index (χ0v) is 19.2. The fourth-order valence-corrected chi connectivity index (χ4v) is 4.87. The molecule has 2 fully saturated rings. The maximum atomic E-state index is 12.8. The molecule has 0 spiro atoms. The molecule has 0 saturated carbocycles. The number of hydrogen-bond donors (Lipinski definition) is 0. The smallest absolute Gasteiger partial charge is 0.409 e. The first-order chi connectivity index (χ1) is 15.5. The maximum absolute atomic E-state index is 12.8. The molecule has 3 aliphatic rings. The van der Waals surface area contributed by atoms with Gasteiger partial charge in [-0.2, -0.15) is 0 Å². The molecule has 3 amide bonds. The summed E-state index contributed by atoms with van der Waals surface area (Å²) in [5.41, 5.74) is 0.810. The van der Waals surface area contributed by atoms with E-state index in [1.807, 2.05) is 12.1 Å². The number of nitrogens with zero attached hydrogens (tertiary/aromatic N) is 3. The molecule has 0 aliphatic carbocycles. The first-order valence-corrected chi connectivity index (χ1v) is 11.5. The minimum atomic E-state index is -0.355. The third kappa shape index (κ3) is 4.83. The van der Waals surface area contributed by atoms with Gasteiger partial charge in [-0.05, 0) is 30.7 Å². The van der Waals surface area contributed by atoms with Crippen LogP contribution in [0, 0.1) is 0 Å². The molecular formula is C21H23N3O6S2. The van der Waals surface area contributed by atoms with Gasteiger partial charge >= 0.3 is 6.09 Å². The van der Waals surface area contributed by atoms with Crippen molar-refractivity contribution in [3.05, 3.63) is 28.7 Å². The van der Waals surface area contributed by atoms with Crippen molar-refractivity contribution in [1.29, 1.82) is 0 Å².